The molecule has 0 aromatic heterocycles. The molecule has 2 rings (SSSR count). The van der Waals surface area contributed by atoms with Gasteiger partial charge in [0.25, 0.3) is 5.91 Å². The van der Waals surface area contributed by atoms with Crippen LogP contribution in [-0.2, 0) is 14.3 Å². The number of esters is 1. The van der Waals surface area contributed by atoms with E-state index in [4.69, 9.17) is 15.3 Å². The van der Waals surface area contributed by atoms with Gasteiger partial charge in [-0.3, -0.25) is 9.59 Å². The quantitative estimate of drug-likeness (QED) is 0.721. The second kappa shape index (κ2) is 5.28. The number of hydrogen-bond acceptors (Lipinski definition) is 5. The highest BCUT2D eigenvalue weighted by Gasteiger charge is 2.76. The van der Waals surface area contributed by atoms with E-state index < -0.39 is 16.4 Å². The molecule has 6 heteroatoms. The molecule has 0 aromatic carbocycles. The van der Waals surface area contributed by atoms with E-state index in [1.54, 1.807) is 0 Å². The Balaban J connectivity index is 2.32. The maximum absolute atomic E-state index is 13.1. The molecule has 1 aliphatic heterocycles. The molecular weight excluding hydrogens is 282 g/mol. The molecule has 0 aromatic rings. The number of fused-ring (bicyclic) bond motifs is 2. The summed E-state index contributed by atoms with van der Waals surface area (Å²) in [7, 11) is 0. The highest BCUT2D eigenvalue weighted by Crippen LogP contribution is 2.65. The van der Waals surface area contributed by atoms with Crippen molar-refractivity contribution in [3.63, 3.8) is 0 Å². The lowest BCUT2D eigenvalue weighted by Gasteiger charge is -2.38. The van der Waals surface area contributed by atoms with E-state index >= 15 is 0 Å². The molecule has 1 amide bonds. The minimum Gasteiger partial charge on any atom is -0.448 e. The van der Waals surface area contributed by atoms with Crippen molar-refractivity contribution < 1.29 is 14.3 Å². The zero-order chi connectivity index (χ0) is 16.6. The predicted octanol–water partition coefficient (Wildman–Crippen LogP) is 1.76. The molecule has 0 spiro atoms. The van der Waals surface area contributed by atoms with Gasteiger partial charge in [0, 0.05) is 18.5 Å². The largest absolute Gasteiger partial charge is 0.448 e. The van der Waals surface area contributed by atoms with Gasteiger partial charge in [0.1, 0.15) is 0 Å². The van der Waals surface area contributed by atoms with E-state index in [0.717, 1.165) is 0 Å². The van der Waals surface area contributed by atoms with Crippen molar-refractivity contribution in [3.05, 3.63) is 0 Å². The van der Waals surface area contributed by atoms with Crippen LogP contribution in [0.4, 0.5) is 0 Å². The van der Waals surface area contributed by atoms with Crippen molar-refractivity contribution in [2.45, 2.75) is 52.1 Å². The zero-order valence-electron chi connectivity index (χ0n) is 13.3. The SMILES string of the molecule is CC1(C)[C@]2(C)CC[C@]1(C(=O)N(CCC#N)CCC#N)OC2=O. The van der Waals surface area contributed by atoms with Gasteiger partial charge in [0.05, 0.1) is 30.4 Å². The molecule has 6 nitrogen and oxygen atoms in total. The first-order valence-corrected chi connectivity index (χ1v) is 7.53. The number of ether oxygens (including phenoxy) is 1. The number of nitriles is 2. The number of hydrogen-bond donors (Lipinski definition) is 0. The van der Waals surface area contributed by atoms with E-state index in [1.807, 2.05) is 32.9 Å². The summed E-state index contributed by atoms with van der Waals surface area (Å²) in [5.41, 5.74) is -2.42. The van der Waals surface area contributed by atoms with Crippen LogP contribution in [0.15, 0.2) is 0 Å². The van der Waals surface area contributed by atoms with E-state index in [9.17, 15) is 9.59 Å². The molecular formula is C16H21N3O3. The maximum atomic E-state index is 13.1. The number of rotatable bonds is 5. The van der Waals surface area contributed by atoms with Gasteiger partial charge in [-0.1, -0.05) is 13.8 Å². The molecule has 0 radical (unpaired) electrons. The Bertz CT molecular complexity index is 568. The van der Waals surface area contributed by atoms with Crippen LogP contribution in [0.2, 0.25) is 0 Å². The average molecular weight is 303 g/mol. The van der Waals surface area contributed by atoms with E-state index in [0.29, 0.717) is 12.8 Å². The minimum atomic E-state index is -1.16. The Morgan fingerprint density at radius 1 is 1.18 bits per heavy atom. The summed E-state index contributed by atoms with van der Waals surface area (Å²) in [6, 6.07) is 4.03. The summed E-state index contributed by atoms with van der Waals surface area (Å²) in [5, 5.41) is 17.5. The van der Waals surface area contributed by atoms with Crippen LogP contribution in [0, 0.1) is 33.5 Å². The van der Waals surface area contributed by atoms with Crippen LogP contribution in [0.25, 0.3) is 0 Å². The summed E-state index contributed by atoms with van der Waals surface area (Å²) in [6.07, 6.45) is 1.50. The molecule has 0 unspecified atom stereocenters. The molecule has 2 bridgehead atoms. The monoisotopic (exact) mass is 303 g/mol. The maximum Gasteiger partial charge on any atom is 0.313 e. The lowest BCUT2D eigenvalue weighted by Crippen LogP contribution is -2.55. The Labute approximate surface area is 130 Å². The van der Waals surface area contributed by atoms with Gasteiger partial charge in [0.2, 0.25) is 0 Å². The standard InChI is InChI=1S/C16H21N3O3/c1-14(2)15(3)6-7-16(14,22-13(15)21)12(20)19(10-4-8-17)11-5-9-18/h4-7,10-11H2,1-3H3/t15-,16-/m1/s1. The van der Waals surface area contributed by atoms with Crippen molar-refractivity contribution in [1.29, 1.82) is 10.5 Å². The predicted molar refractivity (Wildman–Crippen MR) is 77.0 cm³/mol. The number of amides is 1. The minimum absolute atomic E-state index is 0.193. The molecule has 1 saturated carbocycles. The van der Waals surface area contributed by atoms with Gasteiger partial charge >= 0.3 is 5.97 Å². The molecule has 1 heterocycles. The summed E-state index contributed by atoms with van der Waals surface area (Å²) in [4.78, 5) is 26.8. The molecule has 118 valence electrons. The highest BCUT2D eigenvalue weighted by molar-refractivity contribution is 5.96. The van der Waals surface area contributed by atoms with Gasteiger partial charge in [-0.2, -0.15) is 10.5 Å². The summed E-state index contributed by atoms with van der Waals surface area (Å²) in [6.45, 7) is 6.16. The molecule has 22 heavy (non-hydrogen) atoms. The van der Waals surface area contributed by atoms with E-state index in [-0.39, 0.29) is 37.8 Å². The number of nitrogens with zero attached hydrogens (tertiary/aromatic N) is 3. The van der Waals surface area contributed by atoms with Crippen LogP contribution < -0.4 is 0 Å². The Hall–Kier alpha value is -2.08. The first-order valence-electron chi connectivity index (χ1n) is 7.53. The van der Waals surface area contributed by atoms with Crippen molar-refractivity contribution in [2.75, 3.05) is 13.1 Å². The van der Waals surface area contributed by atoms with Crippen molar-refractivity contribution in [2.24, 2.45) is 10.8 Å². The van der Waals surface area contributed by atoms with Gasteiger partial charge in [-0.05, 0) is 19.8 Å². The van der Waals surface area contributed by atoms with Crippen LogP contribution in [0.5, 0.6) is 0 Å². The van der Waals surface area contributed by atoms with Gasteiger partial charge in [-0.15, -0.1) is 0 Å². The lowest BCUT2D eigenvalue weighted by atomic mass is 9.66. The smallest absolute Gasteiger partial charge is 0.313 e. The van der Waals surface area contributed by atoms with E-state index in [1.165, 1.54) is 4.90 Å². The lowest BCUT2D eigenvalue weighted by molar-refractivity contribution is -0.174. The topological polar surface area (TPSA) is 94.2 Å². The van der Waals surface area contributed by atoms with Crippen molar-refractivity contribution in [1.82, 2.24) is 4.90 Å². The second-order valence-electron chi connectivity index (χ2n) is 6.78. The Kier molecular flexibility index (Phi) is 3.91. The summed E-state index contributed by atoms with van der Waals surface area (Å²) in [5.74, 6) is -0.588. The Morgan fingerprint density at radius 2 is 1.73 bits per heavy atom. The first-order chi connectivity index (χ1) is 10.3. The molecule has 1 aliphatic carbocycles. The highest BCUT2D eigenvalue weighted by atomic mass is 16.6. The third kappa shape index (κ3) is 1.90. The number of carbonyl (C=O) groups excluding carboxylic acids is 2. The first kappa shape index (κ1) is 16.3. The zero-order valence-corrected chi connectivity index (χ0v) is 13.3. The molecule has 0 N–H and O–H groups in total. The number of carbonyl (C=O) groups is 2. The molecule has 1 saturated heterocycles. The average Bonchev–Trinajstić information content (AvgIpc) is 2.77. The van der Waals surface area contributed by atoms with Crippen molar-refractivity contribution >= 4 is 11.9 Å². The van der Waals surface area contributed by atoms with Crippen LogP contribution in [0.1, 0.15) is 46.5 Å². The normalized spacial score (nSPS) is 31.2. The molecule has 2 aliphatic rings. The van der Waals surface area contributed by atoms with Crippen LogP contribution in [-0.4, -0.2) is 35.5 Å². The third-order valence-electron chi connectivity index (χ3n) is 5.70. The van der Waals surface area contributed by atoms with Gasteiger partial charge in [0.15, 0.2) is 5.60 Å². The second-order valence-corrected chi connectivity index (χ2v) is 6.78. The van der Waals surface area contributed by atoms with Crippen molar-refractivity contribution in [3.8, 4) is 12.1 Å². The van der Waals surface area contributed by atoms with Gasteiger partial charge < -0.3 is 9.64 Å². The molecule has 2 atom stereocenters. The van der Waals surface area contributed by atoms with Gasteiger partial charge in [-0.25, -0.2) is 0 Å². The fourth-order valence-electron chi connectivity index (χ4n) is 3.66. The van der Waals surface area contributed by atoms with Crippen LogP contribution in [0.3, 0.4) is 0 Å². The fourth-order valence-corrected chi connectivity index (χ4v) is 3.66. The third-order valence-corrected chi connectivity index (χ3v) is 5.70. The Morgan fingerprint density at radius 3 is 2.09 bits per heavy atom. The summed E-state index contributed by atoms with van der Waals surface area (Å²) < 4.78 is 5.57. The van der Waals surface area contributed by atoms with E-state index in [2.05, 4.69) is 0 Å². The fraction of sp³-hybridized carbons (Fsp3) is 0.750. The van der Waals surface area contributed by atoms with Crippen LogP contribution >= 0.6 is 0 Å². The molecule has 2 fully saturated rings. The summed E-state index contributed by atoms with van der Waals surface area (Å²) >= 11 is 0.